The first-order valence-electron chi connectivity index (χ1n) is 19.9. The fourth-order valence-electron chi connectivity index (χ4n) is 8.14. The average Bonchev–Trinajstić information content (AvgIpc) is 3.69. The van der Waals surface area contributed by atoms with Gasteiger partial charge in [-0.25, -0.2) is 9.97 Å². The van der Waals surface area contributed by atoms with Crippen LogP contribution in [0.1, 0.15) is 11.1 Å². The molecule has 11 rings (SSSR count). The Morgan fingerprint density at radius 3 is 1.87 bits per heavy atom. The van der Waals surface area contributed by atoms with Gasteiger partial charge in [0.2, 0.25) is 0 Å². The Hall–Kier alpha value is -8.22. The van der Waals surface area contributed by atoms with Crippen LogP contribution in [0.5, 0.6) is 0 Å². The van der Waals surface area contributed by atoms with Crippen molar-refractivity contribution in [1.82, 2.24) is 9.97 Å². The van der Waals surface area contributed by atoms with Crippen molar-refractivity contribution >= 4 is 55.9 Å². The van der Waals surface area contributed by atoms with E-state index in [-0.39, 0.29) is 0 Å². The zero-order valence-electron chi connectivity index (χ0n) is 32.3. The molecule has 6 heteroatoms. The molecule has 1 aliphatic carbocycles. The number of furan rings is 1. The first-order chi connectivity index (χ1) is 29.6. The third-order valence-electron chi connectivity index (χ3n) is 11.2. The predicted molar refractivity (Wildman–Crippen MR) is 247 cm³/mol. The second-order valence-corrected chi connectivity index (χ2v) is 14.9. The lowest BCUT2D eigenvalue weighted by Crippen LogP contribution is -2.19. The number of hydrogen-bond acceptors (Lipinski definition) is 6. The van der Waals surface area contributed by atoms with E-state index in [1.54, 1.807) is 6.08 Å². The highest BCUT2D eigenvalue weighted by Crippen LogP contribution is 2.37. The second-order valence-electron chi connectivity index (χ2n) is 14.9. The van der Waals surface area contributed by atoms with Gasteiger partial charge in [0.15, 0.2) is 5.82 Å². The van der Waals surface area contributed by atoms with Crippen LogP contribution in [0.4, 0.5) is 5.69 Å². The zero-order chi connectivity index (χ0) is 40.0. The minimum atomic E-state index is 0.333. The maximum Gasteiger partial charge on any atom is 0.160 e. The van der Waals surface area contributed by atoms with Crippen molar-refractivity contribution < 1.29 is 4.42 Å². The van der Waals surface area contributed by atoms with Gasteiger partial charge in [0, 0.05) is 33.0 Å². The molecule has 0 aliphatic heterocycles. The third kappa shape index (κ3) is 6.42. The largest absolute Gasteiger partial charge is 0.456 e. The summed E-state index contributed by atoms with van der Waals surface area (Å²) in [6.45, 7) is 0. The summed E-state index contributed by atoms with van der Waals surface area (Å²) in [7, 11) is 0. The van der Waals surface area contributed by atoms with E-state index in [2.05, 4.69) is 139 Å². The summed E-state index contributed by atoms with van der Waals surface area (Å²) in [4.78, 5) is 10.6. The Labute approximate surface area is 346 Å². The highest BCUT2D eigenvalue weighted by atomic mass is 16.3. The quantitative estimate of drug-likeness (QED) is 0.158. The summed E-state index contributed by atoms with van der Waals surface area (Å²) in [6.07, 6.45) is 3.78. The van der Waals surface area contributed by atoms with Gasteiger partial charge in [0.05, 0.1) is 22.8 Å². The van der Waals surface area contributed by atoms with Gasteiger partial charge in [-0.15, -0.1) is 0 Å². The van der Waals surface area contributed by atoms with Crippen LogP contribution in [0.2, 0.25) is 0 Å². The topological polar surface area (TPSA) is 87.2 Å². The molecule has 60 heavy (non-hydrogen) atoms. The van der Waals surface area contributed by atoms with E-state index in [0.717, 1.165) is 88.7 Å². The van der Waals surface area contributed by atoms with Crippen LogP contribution in [0.15, 0.2) is 204 Å². The van der Waals surface area contributed by atoms with Crippen molar-refractivity contribution in [3.05, 3.63) is 205 Å². The molecule has 0 unspecified atom stereocenters. The number of allylic oxidation sites excluding steroid dienone is 1. The second kappa shape index (κ2) is 14.6. The maximum absolute atomic E-state index is 8.92. The Balaban J connectivity index is 1.07. The van der Waals surface area contributed by atoms with E-state index in [9.17, 15) is 0 Å². The van der Waals surface area contributed by atoms with Crippen molar-refractivity contribution in [1.29, 1.82) is 5.41 Å². The van der Waals surface area contributed by atoms with Gasteiger partial charge in [-0.1, -0.05) is 140 Å². The molecule has 10 aromatic rings. The van der Waals surface area contributed by atoms with Gasteiger partial charge in [-0.05, 0) is 99.3 Å². The number of hydrazone groups is 1. The van der Waals surface area contributed by atoms with Gasteiger partial charge < -0.3 is 4.42 Å². The lowest BCUT2D eigenvalue weighted by molar-refractivity contribution is 0.669. The zero-order valence-corrected chi connectivity index (χ0v) is 32.3. The lowest BCUT2D eigenvalue weighted by Gasteiger charge is -2.18. The number of anilines is 1. The SMILES string of the molecule is N=C1C=Cc2ccc3ccc(-c4nc(-c5cccc(-c6cccc(-c7ccccc7)c6)c5)cc(-c5ccc6c(c5)oc5ccccc56)n4)cc3c2/C1=N/Nc1ccccc1. The highest BCUT2D eigenvalue weighted by Gasteiger charge is 2.21. The molecule has 0 amide bonds. The molecule has 8 aromatic carbocycles. The van der Waals surface area contributed by atoms with Crippen LogP contribution in [-0.2, 0) is 0 Å². The van der Waals surface area contributed by atoms with Crippen molar-refractivity contribution in [2.24, 2.45) is 5.10 Å². The minimum Gasteiger partial charge on any atom is -0.456 e. The van der Waals surface area contributed by atoms with E-state index >= 15 is 0 Å². The highest BCUT2D eigenvalue weighted by molar-refractivity contribution is 6.55. The summed E-state index contributed by atoms with van der Waals surface area (Å²) in [5, 5.41) is 17.8. The Kier molecular flexibility index (Phi) is 8.52. The lowest BCUT2D eigenvalue weighted by atomic mass is 9.88. The Morgan fingerprint density at radius 2 is 1.07 bits per heavy atom. The normalized spacial score (nSPS) is 13.0. The number of nitrogens with one attached hydrogen (secondary N) is 2. The summed E-state index contributed by atoms with van der Waals surface area (Å²) >= 11 is 0. The third-order valence-corrected chi connectivity index (χ3v) is 11.2. The fraction of sp³-hybridized carbons (Fsp3) is 0. The Bertz CT molecular complexity index is 3360. The van der Waals surface area contributed by atoms with Gasteiger partial charge in [0.1, 0.15) is 16.9 Å². The molecule has 282 valence electrons. The number of rotatable bonds is 7. The molecule has 6 nitrogen and oxygen atoms in total. The summed E-state index contributed by atoms with van der Waals surface area (Å²) in [6, 6.07) is 64.5. The molecular formula is C54H35N5O. The van der Waals surface area contributed by atoms with Crippen molar-refractivity contribution in [3.8, 4) is 56.2 Å². The van der Waals surface area contributed by atoms with Crippen molar-refractivity contribution in [3.63, 3.8) is 0 Å². The monoisotopic (exact) mass is 769 g/mol. The number of hydrogen-bond donors (Lipinski definition) is 2. The van der Waals surface area contributed by atoms with Crippen LogP contribution in [0.3, 0.4) is 0 Å². The van der Waals surface area contributed by atoms with Crippen LogP contribution >= 0.6 is 0 Å². The maximum atomic E-state index is 8.92. The molecule has 2 aromatic heterocycles. The smallest absolute Gasteiger partial charge is 0.160 e. The minimum absolute atomic E-state index is 0.333. The molecule has 0 fully saturated rings. The number of para-hydroxylation sites is 2. The molecule has 0 saturated carbocycles. The summed E-state index contributed by atoms with van der Waals surface area (Å²) < 4.78 is 6.34. The van der Waals surface area contributed by atoms with Crippen molar-refractivity contribution in [2.45, 2.75) is 0 Å². The van der Waals surface area contributed by atoms with E-state index in [1.165, 1.54) is 11.1 Å². The standard InChI is InChI=1S/C54H35N5O/c55-47-28-26-36-23-21-35-22-24-42(31-46(35)52(36)53(47)59-58-43-17-5-2-6-18-43)54-56-48(33-49(57-54)41-25-27-45-44-19-7-8-20-50(44)60-51(45)32-41)40-16-10-15-39(30-40)38-14-9-13-37(29-38)34-11-3-1-4-12-34/h1-33,55,58H/b55-47?,59-53+. The van der Waals surface area contributed by atoms with Crippen LogP contribution in [0, 0.1) is 5.41 Å². The molecule has 0 saturated heterocycles. The summed E-state index contributed by atoms with van der Waals surface area (Å²) in [5.74, 6) is 0.588. The van der Waals surface area contributed by atoms with Gasteiger partial charge in [-0.2, -0.15) is 5.10 Å². The molecular weight excluding hydrogens is 735 g/mol. The number of benzene rings is 8. The number of aromatic nitrogens is 2. The molecule has 0 radical (unpaired) electrons. The predicted octanol–water partition coefficient (Wildman–Crippen LogP) is 13.7. The van der Waals surface area contributed by atoms with Gasteiger partial charge >= 0.3 is 0 Å². The van der Waals surface area contributed by atoms with E-state index in [4.69, 9.17) is 24.9 Å². The average molecular weight is 770 g/mol. The first-order valence-corrected chi connectivity index (χ1v) is 19.9. The number of nitrogens with zero attached hydrogens (tertiary/aromatic N) is 3. The number of fused-ring (bicyclic) bond motifs is 6. The summed E-state index contributed by atoms with van der Waals surface area (Å²) in [5.41, 5.74) is 17.4. The van der Waals surface area contributed by atoms with Gasteiger partial charge in [-0.3, -0.25) is 10.8 Å². The van der Waals surface area contributed by atoms with E-state index in [0.29, 0.717) is 17.2 Å². The Morgan fingerprint density at radius 1 is 0.450 bits per heavy atom. The molecule has 1 aliphatic rings. The van der Waals surface area contributed by atoms with Crippen molar-refractivity contribution in [2.75, 3.05) is 5.43 Å². The molecule has 2 N–H and O–H groups in total. The van der Waals surface area contributed by atoms with Crippen LogP contribution < -0.4 is 5.43 Å². The van der Waals surface area contributed by atoms with Crippen LogP contribution in [0.25, 0.3) is 94.9 Å². The molecule has 0 atom stereocenters. The van der Waals surface area contributed by atoms with Crippen LogP contribution in [-0.4, -0.2) is 21.4 Å². The van der Waals surface area contributed by atoms with E-state index in [1.807, 2.05) is 60.7 Å². The molecule has 2 heterocycles. The first kappa shape index (κ1) is 35.0. The fourth-order valence-corrected chi connectivity index (χ4v) is 8.14. The van der Waals surface area contributed by atoms with Gasteiger partial charge in [0.25, 0.3) is 0 Å². The van der Waals surface area contributed by atoms with E-state index < -0.39 is 0 Å². The molecule has 0 spiro atoms. The molecule has 0 bridgehead atoms.